The highest BCUT2D eigenvalue weighted by Gasteiger charge is 2.40. The van der Waals surface area contributed by atoms with Crippen molar-refractivity contribution >= 4 is 5.91 Å². The minimum absolute atomic E-state index is 0.0360. The van der Waals surface area contributed by atoms with Gasteiger partial charge in [-0.2, -0.15) is 0 Å². The van der Waals surface area contributed by atoms with Gasteiger partial charge in [0.1, 0.15) is 5.75 Å². The number of benzene rings is 2. The Morgan fingerprint density at radius 3 is 2.37 bits per heavy atom. The molecule has 2 aliphatic rings. The van der Waals surface area contributed by atoms with Crippen LogP contribution in [0, 0.1) is 5.92 Å². The van der Waals surface area contributed by atoms with Gasteiger partial charge in [0.05, 0.1) is 24.5 Å². The normalized spacial score (nSPS) is 20.7. The Kier molecular flexibility index (Phi) is 7.43. The number of nitrogens with one attached hydrogen (secondary N) is 1. The number of amides is 1. The second kappa shape index (κ2) is 11.0. The number of carbonyl (C=O) groups is 1. The summed E-state index contributed by atoms with van der Waals surface area (Å²) in [4.78, 5) is 20.7. The molecule has 0 spiro atoms. The van der Waals surface area contributed by atoms with Crippen LogP contribution in [0.1, 0.15) is 55.8 Å². The van der Waals surface area contributed by atoms with E-state index in [-0.39, 0.29) is 18.0 Å². The van der Waals surface area contributed by atoms with Crippen LogP contribution in [0.2, 0.25) is 0 Å². The molecule has 5 nitrogen and oxygen atoms in total. The summed E-state index contributed by atoms with van der Waals surface area (Å²) in [5, 5.41) is 3.75. The van der Waals surface area contributed by atoms with E-state index in [9.17, 15) is 4.79 Å². The van der Waals surface area contributed by atoms with Gasteiger partial charge in [-0.25, -0.2) is 4.98 Å². The molecule has 182 valence electrons. The van der Waals surface area contributed by atoms with Crippen LogP contribution >= 0.6 is 0 Å². The van der Waals surface area contributed by atoms with E-state index in [0.29, 0.717) is 12.5 Å². The number of rotatable bonds is 7. The lowest BCUT2D eigenvalue weighted by Crippen LogP contribution is -2.41. The minimum Gasteiger partial charge on any atom is -0.495 e. The van der Waals surface area contributed by atoms with Gasteiger partial charge >= 0.3 is 0 Å². The maximum Gasteiger partial charge on any atom is 0.226 e. The Balaban J connectivity index is 1.37. The highest BCUT2D eigenvalue weighted by Crippen LogP contribution is 2.36. The molecule has 1 amide bonds. The second-order valence-corrected chi connectivity index (χ2v) is 9.71. The van der Waals surface area contributed by atoms with E-state index >= 15 is 0 Å². The van der Waals surface area contributed by atoms with E-state index in [1.165, 1.54) is 24.8 Å². The standard InChI is InChI=1S/C30H35N3O2/c1-35-28-18-17-25(22-11-5-2-6-12-22)32-27(28)21-31-26-19-20-33(29(26)23-13-7-3-8-14-23)30(34)24-15-9-4-10-16-24/h2-3,5-8,11-14,17-18,24,26,29,31H,4,9-10,15-16,19-21H2,1H3. The fourth-order valence-corrected chi connectivity index (χ4v) is 5.70. The zero-order valence-electron chi connectivity index (χ0n) is 20.5. The van der Waals surface area contributed by atoms with Crippen molar-refractivity contribution in [3.63, 3.8) is 0 Å². The number of carbonyl (C=O) groups excluding carboxylic acids is 1. The predicted molar refractivity (Wildman–Crippen MR) is 139 cm³/mol. The minimum atomic E-state index is 0.0360. The first-order chi connectivity index (χ1) is 17.2. The molecule has 35 heavy (non-hydrogen) atoms. The molecule has 1 saturated heterocycles. The summed E-state index contributed by atoms with van der Waals surface area (Å²) in [5.41, 5.74) is 4.11. The molecule has 2 fully saturated rings. The summed E-state index contributed by atoms with van der Waals surface area (Å²) in [6.45, 7) is 1.38. The number of methoxy groups -OCH3 is 1. The van der Waals surface area contributed by atoms with Gasteiger partial charge in [0.15, 0.2) is 0 Å². The molecule has 0 radical (unpaired) electrons. The van der Waals surface area contributed by atoms with E-state index in [0.717, 1.165) is 48.5 Å². The lowest BCUT2D eigenvalue weighted by Gasteiger charge is -2.33. The maximum atomic E-state index is 13.6. The molecule has 1 aliphatic carbocycles. The topological polar surface area (TPSA) is 54.5 Å². The number of likely N-dealkylation sites (tertiary alicyclic amines) is 1. The predicted octanol–water partition coefficient (Wildman–Crippen LogP) is 5.77. The van der Waals surface area contributed by atoms with Crippen LogP contribution in [0.15, 0.2) is 72.8 Å². The summed E-state index contributed by atoms with van der Waals surface area (Å²) in [6.07, 6.45) is 6.59. The lowest BCUT2D eigenvalue weighted by molar-refractivity contribution is -0.137. The molecular weight excluding hydrogens is 434 g/mol. The van der Waals surface area contributed by atoms with Crippen molar-refractivity contribution in [2.75, 3.05) is 13.7 Å². The van der Waals surface area contributed by atoms with Gasteiger partial charge in [-0.15, -0.1) is 0 Å². The van der Waals surface area contributed by atoms with Crippen LogP contribution in [-0.2, 0) is 11.3 Å². The molecule has 0 bridgehead atoms. The van der Waals surface area contributed by atoms with E-state index in [1.807, 2.05) is 36.4 Å². The highest BCUT2D eigenvalue weighted by molar-refractivity contribution is 5.80. The van der Waals surface area contributed by atoms with Crippen LogP contribution in [0.4, 0.5) is 0 Å². The van der Waals surface area contributed by atoms with Crippen molar-refractivity contribution in [1.82, 2.24) is 15.2 Å². The van der Waals surface area contributed by atoms with E-state index in [1.54, 1.807) is 7.11 Å². The third-order valence-electron chi connectivity index (χ3n) is 7.53. The molecule has 2 heterocycles. The number of pyridine rings is 1. The second-order valence-electron chi connectivity index (χ2n) is 9.71. The average Bonchev–Trinajstić information content (AvgIpc) is 3.36. The molecule has 1 saturated carbocycles. The first kappa shape index (κ1) is 23.6. The van der Waals surface area contributed by atoms with Crippen LogP contribution < -0.4 is 10.1 Å². The van der Waals surface area contributed by atoms with Gasteiger partial charge in [-0.1, -0.05) is 79.9 Å². The molecule has 1 aromatic heterocycles. The average molecular weight is 470 g/mol. The Morgan fingerprint density at radius 1 is 0.943 bits per heavy atom. The molecular formula is C30H35N3O2. The number of nitrogens with zero attached hydrogens (tertiary/aromatic N) is 2. The molecule has 1 N–H and O–H groups in total. The van der Waals surface area contributed by atoms with Crippen molar-refractivity contribution in [2.24, 2.45) is 5.92 Å². The smallest absolute Gasteiger partial charge is 0.226 e. The van der Waals surface area contributed by atoms with Crippen molar-refractivity contribution in [3.8, 4) is 17.0 Å². The van der Waals surface area contributed by atoms with Crippen LogP contribution in [-0.4, -0.2) is 35.5 Å². The summed E-state index contributed by atoms with van der Waals surface area (Å²) in [5.74, 6) is 1.30. The van der Waals surface area contributed by atoms with Crippen molar-refractivity contribution in [1.29, 1.82) is 0 Å². The van der Waals surface area contributed by atoms with E-state index < -0.39 is 0 Å². The van der Waals surface area contributed by atoms with Crippen LogP contribution in [0.5, 0.6) is 5.75 Å². The lowest BCUT2D eigenvalue weighted by atomic mass is 9.87. The van der Waals surface area contributed by atoms with Gasteiger partial charge in [0.25, 0.3) is 0 Å². The van der Waals surface area contributed by atoms with Crippen LogP contribution in [0.3, 0.4) is 0 Å². The summed E-state index contributed by atoms with van der Waals surface area (Å²) in [7, 11) is 1.69. The van der Waals surface area contributed by atoms with Gasteiger partial charge in [-0.3, -0.25) is 4.79 Å². The van der Waals surface area contributed by atoms with Gasteiger partial charge < -0.3 is 15.0 Å². The Labute approximate surface area is 208 Å². The molecule has 5 heteroatoms. The third-order valence-corrected chi connectivity index (χ3v) is 7.53. The molecule has 1 aliphatic heterocycles. The number of hydrogen-bond acceptors (Lipinski definition) is 4. The van der Waals surface area contributed by atoms with Gasteiger partial charge in [0.2, 0.25) is 5.91 Å². The van der Waals surface area contributed by atoms with Crippen molar-refractivity contribution in [3.05, 3.63) is 84.1 Å². The molecule has 5 rings (SSSR count). The van der Waals surface area contributed by atoms with Gasteiger partial charge in [0, 0.05) is 30.6 Å². The first-order valence-corrected chi connectivity index (χ1v) is 12.9. The fourth-order valence-electron chi connectivity index (χ4n) is 5.70. The van der Waals surface area contributed by atoms with E-state index in [4.69, 9.17) is 9.72 Å². The summed E-state index contributed by atoms with van der Waals surface area (Å²) < 4.78 is 5.63. The maximum absolute atomic E-state index is 13.6. The largest absolute Gasteiger partial charge is 0.495 e. The Hall–Kier alpha value is -3.18. The quantitative estimate of drug-likeness (QED) is 0.477. The zero-order valence-corrected chi connectivity index (χ0v) is 20.5. The van der Waals surface area contributed by atoms with Crippen molar-refractivity contribution in [2.45, 2.75) is 57.2 Å². The number of aromatic nitrogens is 1. The van der Waals surface area contributed by atoms with Crippen molar-refractivity contribution < 1.29 is 9.53 Å². The molecule has 2 unspecified atom stereocenters. The zero-order chi connectivity index (χ0) is 24.0. The summed E-state index contributed by atoms with van der Waals surface area (Å²) in [6, 6.07) is 24.9. The third kappa shape index (κ3) is 5.25. The Morgan fingerprint density at radius 2 is 1.66 bits per heavy atom. The van der Waals surface area contributed by atoms with E-state index in [2.05, 4.69) is 46.6 Å². The molecule has 3 aromatic rings. The molecule has 2 atom stereocenters. The number of ether oxygens (including phenoxy) is 1. The van der Waals surface area contributed by atoms with Gasteiger partial charge in [-0.05, 0) is 37.0 Å². The fraction of sp³-hybridized carbons (Fsp3) is 0.400. The first-order valence-electron chi connectivity index (χ1n) is 12.9. The highest BCUT2D eigenvalue weighted by atomic mass is 16.5. The Bertz CT molecular complexity index is 1110. The monoisotopic (exact) mass is 469 g/mol. The summed E-state index contributed by atoms with van der Waals surface area (Å²) >= 11 is 0. The van der Waals surface area contributed by atoms with Crippen LogP contribution in [0.25, 0.3) is 11.3 Å². The molecule has 2 aromatic carbocycles. The SMILES string of the molecule is COc1ccc(-c2ccccc2)nc1CNC1CCN(C(=O)C2CCCCC2)C1c1ccccc1. The number of hydrogen-bond donors (Lipinski definition) is 1.